The SMILES string of the molecule is c1ccc(-c2nc(-c3ccc(-c4ccc5c(c4)Oc4c(ccc6c4-c4ccccc4C6(c4ccccc4)c4ccccc4)O5)cc3)cc(-c3ccc(-c4ccccc4)c4ccccc34)n2)cc1. The maximum atomic E-state index is 7.03. The standard InChI is InChI=1S/C63H40N2O2/c1-5-17-42(18-6-1)48-34-35-51(50-26-14-13-25-49(48)50)56-40-55(64-62(65-56)44-19-7-2-8-20-44)43-31-29-41(30-32-43)45-33-37-57-59(39-45)67-61-58(66-57)38-36-54-60(61)52-27-15-16-28-53(52)63(54,46-21-9-3-10-22-46)47-23-11-4-12-24-47/h1-40H. The molecule has 4 heteroatoms. The largest absolute Gasteiger partial charge is 0.449 e. The van der Waals surface area contributed by atoms with E-state index in [4.69, 9.17) is 19.4 Å². The molecule has 2 aliphatic rings. The van der Waals surface area contributed by atoms with Crippen molar-refractivity contribution in [1.29, 1.82) is 0 Å². The molecular formula is C63H40N2O2. The van der Waals surface area contributed by atoms with Crippen molar-refractivity contribution in [3.05, 3.63) is 265 Å². The number of nitrogens with zero attached hydrogens (tertiary/aromatic N) is 2. The van der Waals surface area contributed by atoms with Gasteiger partial charge in [-0.25, -0.2) is 9.97 Å². The van der Waals surface area contributed by atoms with Crippen molar-refractivity contribution in [1.82, 2.24) is 9.97 Å². The number of hydrogen-bond acceptors (Lipinski definition) is 4. The summed E-state index contributed by atoms with van der Waals surface area (Å²) < 4.78 is 13.7. The quantitative estimate of drug-likeness (QED) is 0.160. The van der Waals surface area contributed by atoms with Crippen LogP contribution in [0.25, 0.3) is 78.1 Å². The molecule has 0 saturated heterocycles. The van der Waals surface area contributed by atoms with Crippen molar-refractivity contribution in [3.8, 4) is 90.3 Å². The third-order valence-corrected chi connectivity index (χ3v) is 13.5. The predicted molar refractivity (Wildman–Crippen MR) is 271 cm³/mol. The van der Waals surface area contributed by atoms with Crippen molar-refractivity contribution in [2.75, 3.05) is 0 Å². The smallest absolute Gasteiger partial charge is 0.178 e. The summed E-state index contributed by atoms with van der Waals surface area (Å²) in [4.78, 5) is 10.4. The normalized spacial score (nSPS) is 12.8. The summed E-state index contributed by atoms with van der Waals surface area (Å²) in [6.45, 7) is 0. The second kappa shape index (κ2) is 15.7. The number of fused-ring (bicyclic) bond motifs is 7. The average Bonchev–Trinajstić information content (AvgIpc) is 3.72. The second-order valence-electron chi connectivity index (χ2n) is 17.2. The van der Waals surface area contributed by atoms with Crippen LogP contribution >= 0.6 is 0 Å². The molecule has 0 spiro atoms. The maximum absolute atomic E-state index is 7.03. The summed E-state index contributed by atoms with van der Waals surface area (Å²) in [6.07, 6.45) is 0. The molecule has 1 aliphatic carbocycles. The number of aromatic nitrogens is 2. The fourth-order valence-electron chi connectivity index (χ4n) is 10.4. The topological polar surface area (TPSA) is 44.2 Å². The van der Waals surface area contributed by atoms with Crippen LogP contribution in [0.15, 0.2) is 243 Å². The average molecular weight is 857 g/mol. The van der Waals surface area contributed by atoms with Crippen LogP contribution in [-0.4, -0.2) is 9.97 Å². The zero-order valence-corrected chi connectivity index (χ0v) is 36.3. The molecule has 0 bridgehead atoms. The number of ether oxygens (including phenoxy) is 2. The Hall–Kier alpha value is -8.86. The first kappa shape index (κ1) is 38.6. The van der Waals surface area contributed by atoms with Crippen molar-refractivity contribution in [2.45, 2.75) is 5.41 Å². The van der Waals surface area contributed by atoms with Crippen molar-refractivity contribution >= 4 is 10.8 Å². The van der Waals surface area contributed by atoms with Gasteiger partial charge in [-0.3, -0.25) is 0 Å². The fraction of sp³-hybridized carbons (Fsp3) is 0.0159. The van der Waals surface area contributed by atoms with Crippen LogP contribution in [0.1, 0.15) is 22.3 Å². The lowest BCUT2D eigenvalue weighted by atomic mass is 9.68. The first-order chi connectivity index (χ1) is 33.2. The van der Waals surface area contributed by atoms with Crippen LogP contribution in [0, 0.1) is 0 Å². The summed E-state index contributed by atoms with van der Waals surface area (Å²) in [5.74, 6) is 3.47. The Morgan fingerprint density at radius 2 is 0.866 bits per heavy atom. The van der Waals surface area contributed by atoms with Gasteiger partial charge < -0.3 is 9.47 Å². The molecule has 0 saturated carbocycles. The van der Waals surface area contributed by atoms with Crippen molar-refractivity contribution in [2.24, 2.45) is 0 Å². The third-order valence-electron chi connectivity index (χ3n) is 13.5. The molecule has 0 atom stereocenters. The van der Waals surface area contributed by atoms with Crippen LogP contribution in [-0.2, 0) is 5.41 Å². The van der Waals surface area contributed by atoms with Gasteiger partial charge in [-0.2, -0.15) is 0 Å². The molecule has 0 N–H and O–H groups in total. The van der Waals surface area contributed by atoms with E-state index in [1.165, 1.54) is 38.8 Å². The zero-order valence-electron chi connectivity index (χ0n) is 36.3. The maximum Gasteiger partial charge on any atom is 0.178 e. The van der Waals surface area contributed by atoms with Gasteiger partial charge >= 0.3 is 0 Å². The monoisotopic (exact) mass is 856 g/mol. The van der Waals surface area contributed by atoms with E-state index in [9.17, 15) is 0 Å². The Bertz CT molecular complexity index is 3630. The van der Waals surface area contributed by atoms with E-state index in [2.05, 4.69) is 218 Å². The Morgan fingerprint density at radius 3 is 1.58 bits per heavy atom. The molecule has 1 aromatic heterocycles. The lowest BCUT2D eigenvalue weighted by molar-refractivity contribution is 0.360. The van der Waals surface area contributed by atoms with E-state index in [0.29, 0.717) is 23.1 Å². The molecule has 67 heavy (non-hydrogen) atoms. The molecule has 0 amide bonds. The summed E-state index contributed by atoms with van der Waals surface area (Å²) in [7, 11) is 0. The lowest BCUT2D eigenvalue weighted by Gasteiger charge is -2.34. The minimum atomic E-state index is -0.538. The Balaban J connectivity index is 0.876. The second-order valence-corrected chi connectivity index (χ2v) is 17.2. The number of rotatable bonds is 7. The highest BCUT2D eigenvalue weighted by molar-refractivity contribution is 6.05. The highest BCUT2D eigenvalue weighted by Gasteiger charge is 2.48. The van der Waals surface area contributed by atoms with E-state index in [1.54, 1.807) is 0 Å². The molecule has 13 rings (SSSR count). The molecule has 4 nitrogen and oxygen atoms in total. The van der Waals surface area contributed by atoms with E-state index in [1.807, 2.05) is 24.3 Å². The Kier molecular flexibility index (Phi) is 9.04. The van der Waals surface area contributed by atoms with E-state index in [0.717, 1.165) is 61.5 Å². The van der Waals surface area contributed by atoms with E-state index in [-0.39, 0.29) is 0 Å². The molecule has 1 aliphatic heterocycles. The molecule has 2 heterocycles. The molecule has 0 fully saturated rings. The van der Waals surface area contributed by atoms with Gasteiger partial charge in [0.25, 0.3) is 0 Å². The van der Waals surface area contributed by atoms with Crippen LogP contribution < -0.4 is 9.47 Å². The zero-order chi connectivity index (χ0) is 44.3. The lowest BCUT2D eigenvalue weighted by Crippen LogP contribution is -2.28. The Labute approximate surface area is 389 Å². The molecule has 10 aromatic carbocycles. The van der Waals surface area contributed by atoms with Gasteiger partial charge in [-0.1, -0.05) is 218 Å². The van der Waals surface area contributed by atoms with Gasteiger partial charge in [0, 0.05) is 22.3 Å². The Morgan fingerprint density at radius 1 is 0.313 bits per heavy atom. The summed E-state index contributed by atoms with van der Waals surface area (Å²) in [5, 5.41) is 2.33. The molecule has 11 aromatic rings. The van der Waals surface area contributed by atoms with Crippen LogP contribution in [0.4, 0.5) is 0 Å². The van der Waals surface area contributed by atoms with Gasteiger partial charge in [-0.05, 0) is 85.1 Å². The molecule has 314 valence electrons. The van der Waals surface area contributed by atoms with E-state index < -0.39 is 5.41 Å². The van der Waals surface area contributed by atoms with Crippen LogP contribution in [0.5, 0.6) is 23.0 Å². The van der Waals surface area contributed by atoms with Crippen molar-refractivity contribution < 1.29 is 9.47 Å². The third kappa shape index (κ3) is 6.29. The van der Waals surface area contributed by atoms with Gasteiger partial charge in [0.1, 0.15) is 0 Å². The minimum Gasteiger partial charge on any atom is -0.449 e. The highest BCUT2D eigenvalue weighted by atomic mass is 16.6. The van der Waals surface area contributed by atoms with Crippen LogP contribution in [0.2, 0.25) is 0 Å². The summed E-state index contributed by atoms with van der Waals surface area (Å²) in [6, 6.07) is 85.4. The molecular weight excluding hydrogens is 817 g/mol. The van der Waals surface area contributed by atoms with Crippen LogP contribution in [0.3, 0.4) is 0 Å². The minimum absolute atomic E-state index is 0.538. The predicted octanol–water partition coefficient (Wildman–Crippen LogP) is 16.2. The summed E-state index contributed by atoms with van der Waals surface area (Å²) in [5.41, 5.74) is 15.6. The highest BCUT2D eigenvalue weighted by Crippen LogP contribution is 2.62. The first-order valence-electron chi connectivity index (χ1n) is 22.7. The van der Waals surface area contributed by atoms with Gasteiger partial charge in [-0.15, -0.1) is 0 Å². The van der Waals surface area contributed by atoms with Crippen molar-refractivity contribution in [3.63, 3.8) is 0 Å². The summed E-state index contributed by atoms with van der Waals surface area (Å²) >= 11 is 0. The molecule has 0 unspecified atom stereocenters. The fourth-order valence-corrected chi connectivity index (χ4v) is 10.4. The first-order valence-corrected chi connectivity index (χ1v) is 22.7. The van der Waals surface area contributed by atoms with Gasteiger partial charge in [0.2, 0.25) is 0 Å². The molecule has 0 radical (unpaired) electrons. The van der Waals surface area contributed by atoms with E-state index >= 15 is 0 Å². The van der Waals surface area contributed by atoms with Gasteiger partial charge in [0.15, 0.2) is 28.8 Å². The van der Waals surface area contributed by atoms with Gasteiger partial charge in [0.05, 0.1) is 16.8 Å². The number of benzene rings is 10. The number of hydrogen-bond donors (Lipinski definition) is 0.